The van der Waals surface area contributed by atoms with Crippen molar-refractivity contribution < 1.29 is 4.79 Å². The van der Waals surface area contributed by atoms with Gasteiger partial charge in [-0.2, -0.15) is 0 Å². The third-order valence-corrected chi connectivity index (χ3v) is 4.51. The fourth-order valence-electron chi connectivity index (χ4n) is 2.56. The first-order chi connectivity index (χ1) is 9.83. The summed E-state index contributed by atoms with van der Waals surface area (Å²) in [6.45, 7) is 2.41. The minimum atomic E-state index is 0.231. The Labute approximate surface area is 123 Å². The van der Waals surface area contributed by atoms with Crippen LogP contribution < -0.4 is 5.32 Å². The minimum Gasteiger partial charge on any atom is -0.339 e. The van der Waals surface area contributed by atoms with Crippen LogP contribution in [0.25, 0.3) is 0 Å². The lowest BCUT2D eigenvalue weighted by molar-refractivity contribution is -0.131. The van der Waals surface area contributed by atoms with Gasteiger partial charge >= 0.3 is 0 Å². The molecule has 0 aliphatic carbocycles. The Morgan fingerprint density at radius 1 is 1.25 bits per heavy atom. The zero-order valence-corrected chi connectivity index (χ0v) is 12.1. The normalized spacial score (nSPS) is 19.0. The molecule has 2 aromatic rings. The highest BCUT2D eigenvalue weighted by Crippen LogP contribution is 2.18. The summed E-state index contributed by atoms with van der Waals surface area (Å²) in [6.07, 6.45) is 0.527. The first kappa shape index (κ1) is 13.3. The van der Waals surface area contributed by atoms with Crippen molar-refractivity contribution in [1.82, 2.24) is 10.2 Å². The highest BCUT2D eigenvalue weighted by molar-refractivity contribution is 7.10. The van der Waals surface area contributed by atoms with Gasteiger partial charge in [0.15, 0.2) is 0 Å². The van der Waals surface area contributed by atoms with E-state index in [0.717, 1.165) is 24.5 Å². The fourth-order valence-corrected chi connectivity index (χ4v) is 3.25. The van der Waals surface area contributed by atoms with Crippen LogP contribution >= 0.6 is 11.3 Å². The van der Waals surface area contributed by atoms with Crippen molar-refractivity contribution in [2.75, 3.05) is 19.6 Å². The van der Waals surface area contributed by atoms with Crippen LogP contribution in [-0.2, 0) is 11.2 Å². The average Bonchev–Trinajstić information content (AvgIpc) is 3.01. The molecule has 1 aromatic heterocycles. The van der Waals surface area contributed by atoms with Crippen molar-refractivity contribution in [2.45, 2.75) is 12.5 Å². The standard InChI is InChI=1S/C16H18N2OS/c19-16(11-14-7-4-10-20-14)18-9-8-17-15(12-18)13-5-2-1-3-6-13/h1-7,10,15,17H,8-9,11-12H2. The molecular formula is C16H18N2OS. The van der Waals surface area contributed by atoms with Gasteiger partial charge in [-0.15, -0.1) is 11.3 Å². The summed E-state index contributed by atoms with van der Waals surface area (Å²) >= 11 is 1.65. The van der Waals surface area contributed by atoms with E-state index in [9.17, 15) is 4.79 Å². The molecule has 0 bridgehead atoms. The van der Waals surface area contributed by atoms with Gasteiger partial charge in [0.25, 0.3) is 0 Å². The number of hydrogen-bond acceptors (Lipinski definition) is 3. The Balaban J connectivity index is 1.64. The Morgan fingerprint density at radius 2 is 2.10 bits per heavy atom. The molecule has 1 unspecified atom stereocenters. The Hall–Kier alpha value is -1.65. The van der Waals surface area contributed by atoms with Gasteiger partial charge in [-0.05, 0) is 17.0 Å². The summed E-state index contributed by atoms with van der Waals surface area (Å²) in [6, 6.07) is 14.6. The van der Waals surface area contributed by atoms with E-state index in [1.165, 1.54) is 5.56 Å². The molecule has 0 radical (unpaired) electrons. The molecule has 0 saturated carbocycles. The van der Waals surface area contributed by atoms with Crippen LogP contribution in [0, 0.1) is 0 Å². The highest BCUT2D eigenvalue weighted by atomic mass is 32.1. The van der Waals surface area contributed by atoms with Crippen LogP contribution in [0.1, 0.15) is 16.5 Å². The van der Waals surface area contributed by atoms with Gasteiger partial charge in [0, 0.05) is 30.6 Å². The van der Waals surface area contributed by atoms with Crippen LogP contribution in [0.15, 0.2) is 47.8 Å². The smallest absolute Gasteiger partial charge is 0.227 e. The quantitative estimate of drug-likeness (QED) is 0.940. The fraction of sp³-hybridized carbons (Fsp3) is 0.312. The van der Waals surface area contributed by atoms with Crippen molar-refractivity contribution >= 4 is 17.2 Å². The predicted molar refractivity (Wildman–Crippen MR) is 81.8 cm³/mol. The maximum absolute atomic E-state index is 12.3. The molecule has 20 heavy (non-hydrogen) atoms. The zero-order chi connectivity index (χ0) is 13.8. The Bertz CT molecular complexity index is 553. The monoisotopic (exact) mass is 286 g/mol. The summed E-state index contributed by atoms with van der Waals surface area (Å²) in [4.78, 5) is 15.5. The minimum absolute atomic E-state index is 0.231. The van der Waals surface area contributed by atoms with E-state index in [4.69, 9.17) is 0 Å². The summed E-state index contributed by atoms with van der Waals surface area (Å²) < 4.78 is 0. The molecule has 4 heteroatoms. The van der Waals surface area contributed by atoms with Crippen LogP contribution in [0.3, 0.4) is 0 Å². The molecule has 0 spiro atoms. The highest BCUT2D eigenvalue weighted by Gasteiger charge is 2.24. The number of carbonyl (C=O) groups excluding carboxylic acids is 1. The van der Waals surface area contributed by atoms with Crippen LogP contribution in [-0.4, -0.2) is 30.4 Å². The van der Waals surface area contributed by atoms with Gasteiger partial charge in [-0.1, -0.05) is 36.4 Å². The van der Waals surface area contributed by atoms with Gasteiger partial charge < -0.3 is 10.2 Å². The number of hydrogen-bond donors (Lipinski definition) is 1. The lowest BCUT2D eigenvalue weighted by Crippen LogP contribution is -2.48. The third kappa shape index (κ3) is 3.08. The molecule has 1 saturated heterocycles. The second kappa shape index (κ2) is 6.20. The van der Waals surface area contributed by atoms with E-state index in [1.807, 2.05) is 40.6 Å². The van der Waals surface area contributed by atoms with Crippen molar-refractivity contribution in [3.63, 3.8) is 0 Å². The summed E-state index contributed by atoms with van der Waals surface area (Å²) in [5, 5.41) is 5.51. The Morgan fingerprint density at radius 3 is 2.85 bits per heavy atom. The summed E-state index contributed by atoms with van der Waals surface area (Å²) in [5.41, 5.74) is 1.25. The van der Waals surface area contributed by atoms with Gasteiger partial charge in [-0.25, -0.2) is 0 Å². The summed E-state index contributed by atoms with van der Waals surface area (Å²) in [5.74, 6) is 0.231. The van der Waals surface area contributed by atoms with E-state index in [-0.39, 0.29) is 11.9 Å². The number of carbonyl (C=O) groups is 1. The second-order valence-corrected chi connectivity index (χ2v) is 6.05. The SMILES string of the molecule is O=C(Cc1cccs1)N1CCNC(c2ccccc2)C1. The van der Waals surface area contributed by atoms with Gasteiger partial charge in [0.05, 0.1) is 6.42 Å². The van der Waals surface area contributed by atoms with Gasteiger partial charge in [0.2, 0.25) is 5.91 Å². The topological polar surface area (TPSA) is 32.3 Å². The van der Waals surface area contributed by atoms with E-state index >= 15 is 0 Å². The van der Waals surface area contributed by atoms with Crippen molar-refractivity contribution in [1.29, 1.82) is 0 Å². The predicted octanol–water partition coefficient (Wildman–Crippen LogP) is 2.46. The first-order valence-electron chi connectivity index (χ1n) is 6.91. The number of benzene rings is 1. The van der Waals surface area contributed by atoms with E-state index in [1.54, 1.807) is 11.3 Å². The maximum Gasteiger partial charge on any atom is 0.227 e. The third-order valence-electron chi connectivity index (χ3n) is 3.64. The number of nitrogens with one attached hydrogen (secondary N) is 1. The molecule has 1 atom stereocenters. The average molecular weight is 286 g/mol. The van der Waals surface area contributed by atoms with E-state index < -0.39 is 0 Å². The number of amides is 1. The molecule has 1 fully saturated rings. The summed E-state index contributed by atoms with van der Waals surface area (Å²) in [7, 11) is 0. The van der Waals surface area contributed by atoms with Gasteiger partial charge in [-0.3, -0.25) is 4.79 Å². The zero-order valence-electron chi connectivity index (χ0n) is 11.3. The van der Waals surface area contributed by atoms with Crippen LogP contribution in [0.5, 0.6) is 0 Å². The molecule has 1 aliphatic rings. The number of piperazine rings is 1. The van der Waals surface area contributed by atoms with E-state index in [0.29, 0.717) is 6.42 Å². The lowest BCUT2D eigenvalue weighted by Gasteiger charge is -2.34. The van der Waals surface area contributed by atoms with Crippen LogP contribution in [0.4, 0.5) is 0 Å². The molecule has 3 nitrogen and oxygen atoms in total. The molecular weight excluding hydrogens is 268 g/mol. The Kier molecular flexibility index (Phi) is 4.14. The molecule has 1 amide bonds. The van der Waals surface area contributed by atoms with Crippen LogP contribution in [0.2, 0.25) is 0 Å². The van der Waals surface area contributed by atoms with Crippen molar-refractivity contribution in [3.05, 3.63) is 58.3 Å². The second-order valence-electron chi connectivity index (χ2n) is 5.01. The van der Waals surface area contributed by atoms with Crippen molar-refractivity contribution in [2.24, 2.45) is 0 Å². The number of nitrogens with zero attached hydrogens (tertiary/aromatic N) is 1. The number of thiophene rings is 1. The van der Waals surface area contributed by atoms with E-state index in [2.05, 4.69) is 17.4 Å². The van der Waals surface area contributed by atoms with Gasteiger partial charge in [0.1, 0.15) is 0 Å². The molecule has 104 valence electrons. The van der Waals surface area contributed by atoms with Crippen molar-refractivity contribution in [3.8, 4) is 0 Å². The molecule has 2 heterocycles. The molecule has 3 rings (SSSR count). The largest absolute Gasteiger partial charge is 0.339 e. The maximum atomic E-state index is 12.3. The molecule has 1 N–H and O–H groups in total. The number of rotatable bonds is 3. The lowest BCUT2D eigenvalue weighted by atomic mass is 10.0. The first-order valence-corrected chi connectivity index (χ1v) is 7.79. The molecule has 1 aliphatic heterocycles. The molecule has 1 aromatic carbocycles.